The number of aromatic hydroxyl groups is 2. The highest BCUT2D eigenvalue weighted by Crippen LogP contribution is 2.53. The molecule has 1 aliphatic carbocycles. The minimum atomic E-state index is -0.670. The van der Waals surface area contributed by atoms with Gasteiger partial charge < -0.3 is 33.9 Å². The van der Waals surface area contributed by atoms with Gasteiger partial charge in [0.15, 0.2) is 11.5 Å². The topological polar surface area (TPSA) is 104 Å². The van der Waals surface area contributed by atoms with E-state index in [1.165, 1.54) is 21.3 Å². The van der Waals surface area contributed by atoms with Crippen LogP contribution in [0.4, 0.5) is 0 Å². The van der Waals surface area contributed by atoms with Crippen LogP contribution in [0.15, 0.2) is 36.4 Å². The molecule has 188 valence electrons. The number of benzene rings is 3. The first-order valence-corrected chi connectivity index (χ1v) is 11.6. The van der Waals surface area contributed by atoms with Crippen LogP contribution >= 0.6 is 0 Å². The summed E-state index contributed by atoms with van der Waals surface area (Å²) < 4.78 is 28.0. The van der Waals surface area contributed by atoms with Gasteiger partial charge in [0.2, 0.25) is 5.75 Å². The number of phenolic OH excluding ortho intramolecular Hbond substituents is 2. The van der Waals surface area contributed by atoms with Gasteiger partial charge in [0.05, 0.1) is 41.0 Å². The monoisotopic (exact) mass is 492 g/mol. The second kappa shape index (κ2) is 9.18. The van der Waals surface area contributed by atoms with Crippen LogP contribution in [-0.4, -0.2) is 51.2 Å². The van der Waals surface area contributed by atoms with Crippen LogP contribution in [0, 0.1) is 0 Å². The first-order valence-electron chi connectivity index (χ1n) is 11.6. The molecule has 1 aliphatic heterocycles. The average Bonchev–Trinajstić information content (AvgIpc) is 2.91. The lowest BCUT2D eigenvalue weighted by Crippen LogP contribution is -2.32. The summed E-state index contributed by atoms with van der Waals surface area (Å²) in [5.41, 5.74) is 5.29. The van der Waals surface area contributed by atoms with Crippen molar-refractivity contribution in [2.45, 2.75) is 24.7 Å². The summed E-state index contributed by atoms with van der Waals surface area (Å²) in [6, 6.07) is 10.5. The molecule has 0 saturated carbocycles. The number of esters is 1. The van der Waals surface area contributed by atoms with E-state index in [2.05, 4.69) is 0 Å². The van der Waals surface area contributed by atoms with E-state index in [4.69, 9.17) is 23.7 Å². The molecule has 0 saturated heterocycles. The third-order valence-corrected chi connectivity index (χ3v) is 7.14. The van der Waals surface area contributed by atoms with E-state index >= 15 is 0 Å². The Kier molecular flexibility index (Phi) is 6.04. The van der Waals surface area contributed by atoms with Gasteiger partial charge in [-0.2, -0.15) is 0 Å². The molecule has 0 aromatic heterocycles. The Morgan fingerprint density at radius 3 is 2.25 bits per heavy atom. The van der Waals surface area contributed by atoms with Crippen LogP contribution in [0.2, 0.25) is 0 Å². The maximum atomic E-state index is 13.4. The fourth-order valence-electron chi connectivity index (χ4n) is 5.47. The predicted octanol–water partition coefficient (Wildman–Crippen LogP) is 4.32. The highest BCUT2D eigenvalue weighted by atomic mass is 16.5. The molecule has 0 spiro atoms. The average molecular weight is 493 g/mol. The number of rotatable bonds is 5. The van der Waals surface area contributed by atoms with E-state index in [0.29, 0.717) is 29.9 Å². The van der Waals surface area contributed by atoms with Crippen LogP contribution in [0.25, 0.3) is 11.1 Å². The van der Waals surface area contributed by atoms with Gasteiger partial charge in [0.1, 0.15) is 17.2 Å². The summed E-state index contributed by atoms with van der Waals surface area (Å²) in [7, 11) is 5.90. The zero-order chi connectivity index (χ0) is 25.6. The Bertz CT molecular complexity index is 1320. The number of carbonyl (C=O) groups is 1. The lowest BCUT2D eigenvalue weighted by Gasteiger charge is -2.36. The number of ether oxygens (including phenoxy) is 5. The van der Waals surface area contributed by atoms with Crippen LogP contribution in [-0.2, 0) is 22.4 Å². The smallest absolute Gasteiger partial charge is 0.314 e. The Hall–Kier alpha value is -4.07. The minimum Gasteiger partial charge on any atom is -0.508 e. The zero-order valence-electron chi connectivity index (χ0n) is 20.6. The Labute approximate surface area is 209 Å². The van der Waals surface area contributed by atoms with Gasteiger partial charge >= 0.3 is 5.97 Å². The summed E-state index contributed by atoms with van der Waals surface area (Å²) in [5.74, 6) is 0.316. The van der Waals surface area contributed by atoms with Crippen molar-refractivity contribution in [3.63, 3.8) is 0 Å². The maximum absolute atomic E-state index is 13.4. The van der Waals surface area contributed by atoms with Crippen LogP contribution in [0.3, 0.4) is 0 Å². The number of hydrogen-bond acceptors (Lipinski definition) is 8. The number of hydrogen-bond donors (Lipinski definition) is 2. The third kappa shape index (κ3) is 3.64. The number of methoxy groups -OCH3 is 4. The van der Waals surface area contributed by atoms with Crippen molar-refractivity contribution in [3.8, 4) is 45.6 Å². The summed E-state index contributed by atoms with van der Waals surface area (Å²) in [6.45, 7) is 0.205. The molecule has 0 bridgehead atoms. The molecule has 2 atom stereocenters. The molecule has 0 amide bonds. The van der Waals surface area contributed by atoms with E-state index in [-0.39, 0.29) is 35.6 Å². The lowest BCUT2D eigenvalue weighted by atomic mass is 9.73. The van der Waals surface area contributed by atoms with Gasteiger partial charge in [-0.25, -0.2) is 0 Å². The van der Waals surface area contributed by atoms with Crippen LogP contribution in [0.1, 0.15) is 34.1 Å². The Morgan fingerprint density at radius 1 is 0.917 bits per heavy atom. The standard InChI is InChI=1S/C28H28O8/c1-32-20-12-21-25(18-7-5-14-9-16(29)6-8-17(14)24(18)20)26(28(31)35-4)19(13-36-21)15-10-22(33-2)27(30)23(11-15)34-3/h6,8-12,19,26,29-30H,5,7,13H2,1-4H3/t19-,26-/m0/s1. The number of aryl methyl sites for hydroxylation is 1. The maximum Gasteiger partial charge on any atom is 0.314 e. The Balaban J connectivity index is 1.74. The largest absolute Gasteiger partial charge is 0.508 e. The van der Waals surface area contributed by atoms with Crippen LogP contribution < -0.4 is 18.9 Å². The summed E-state index contributed by atoms with van der Waals surface area (Å²) >= 11 is 0. The number of fused-ring (bicyclic) bond motifs is 5. The minimum absolute atomic E-state index is 0.113. The number of phenols is 2. The van der Waals surface area contributed by atoms with Gasteiger partial charge in [-0.1, -0.05) is 6.07 Å². The van der Waals surface area contributed by atoms with E-state index in [0.717, 1.165) is 27.8 Å². The molecule has 8 nitrogen and oxygen atoms in total. The molecule has 2 aliphatic rings. The second-order valence-corrected chi connectivity index (χ2v) is 8.88. The molecular formula is C28H28O8. The molecule has 1 heterocycles. The summed E-state index contributed by atoms with van der Waals surface area (Å²) in [4.78, 5) is 13.4. The van der Waals surface area contributed by atoms with Gasteiger partial charge in [0.25, 0.3) is 0 Å². The zero-order valence-corrected chi connectivity index (χ0v) is 20.6. The van der Waals surface area contributed by atoms with Crippen molar-refractivity contribution in [2.75, 3.05) is 35.0 Å². The molecule has 0 unspecified atom stereocenters. The summed E-state index contributed by atoms with van der Waals surface area (Å²) in [6.07, 6.45) is 1.33. The second-order valence-electron chi connectivity index (χ2n) is 8.88. The van der Waals surface area contributed by atoms with E-state index < -0.39 is 11.8 Å². The quantitative estimate of drug-likeness (QED) is 0.508. The molecule has 0 fully saturated rings. The Morgan fingerprint density at radius 2 is 1.61 bits per heavy atom. The van der Waals surface area contributed by atoms with Crippen molar-refractivity contribution in [3.05, 3.63) is 58.7 Å². The SMILES string of the molecule is COC(=O)[C@@H]1c2c(cc(OC)c3c2CCc2cc(O)ccc2-3)OC[C@H]1c1cc(OC)c(O)c(OC)c1. The molecule has 36 heavy (non-hydrogen) atoms. The van der Waals surface area contributed by atoms with Crippen molar-refractivity contribution in [1.29, 1.82) is 0 Å². The molecular weight excluding hydrogens is 464 g/mol. The van der Waals surface area contributed by atoms with Crippen molar-refractivity contribution < 1.29 is 38.7 Å². The summed E-state index contributed by atoms with van der Waals surface area (Å²) in [5, 5.41) is 20.4. The van der Waals surface area contributed by atoms with Crippen molar-refractivity contribution >= 4 is 5.97 Å². The third-order valence-electron chi connectivity index (χ3n) is 7.14. The molecule has 3 aromatic carbocycles. The van der Waals surface area contributed by atoms with E-state index in [9.17, 15) is 15.0 Å². The highest BCUT2D eigenvalue weighted by Gasteiger charge is 2.42. The highest BCUT2D eigenvalue weighted by molar-refractivity contribution is 5.88. The van der Waals surface area contributed by atoms with Gasteiger partial charge in [-0.15, -0.1) is 0 Å². The molecule has 8 heteroatoms. The van der Waals surface area contributed by atoms with Crippen molar-refractivity contribution in [2.24, 2.45) is 0 Å². The fraction of sp³-hybridized carbons (Fsp3) is 0.321. The lowest BCUT2D eigenvalue weighted by molar-refractivity contribution is -0.143. The normalized spacial score (nSPS) is 17.7. The predicted molar refractivity (Wildman–Crippen MR) is 132 cm³/mol. The van der Waals surface area contributed by atoms with Gasteiger partial charge in [-0.3, -0.25) is 4.79 Å². The van der Waals surface area contributed by atoms with Crippen LogP contribution in [0.5, 0.6) is 34.5 Å². The molecule has 3 aromatic rings. The fourth-order valence-corrected chi connectivity index (χ4v) is 5.47. The number of carbonyl (C=O) groups excluding carboxylic acids is 1. The first-order chi connectivity index (χ1) is 17.4. The molecule has 2 N–H and O–H groups in total. The van der Waals surface area contributed by atoms with Gasteiger partial charge in [-0.05, 0) is 59.4 Å². The van der Waals surface area contributed by atoms with E-state index in [1.807, 2.05) is 12.1 Å². The first kappa shape index (κ1) is 23.7. The molecule has 5 rings (SSSR count). The molecule has 0 radical (unpaired) electrons. The van der Waals surface area contributed by atoms with Gasteiger partial charge in [0, 0.05) is 23.1 Å². The van der Waals surface area contributed by atoms with Crippen molar-refractivity contribution in [1.82, 2.24) is 0 Å². The van der Waals surface area contributed by atoms with E-state index in [1.54, 1.807) is 31.4 Å².